The Bertz CT molecular complexity index is 409. The van der Waals surface area contributed by atoms with Crippen molar-refractivity contribution in [2.24, 2.45) is 0 Å². The van der Waals surface area contributed by atoms with E-state index in [4.69, 9.17) is 0 Å². The van der Waals surface area contributed by atoms with Crippen LogP contribution in [-0.4, -0.2) is 11.3 Å². The van der Waals surface area contributed by atoms with Crippen molar-refractivity contribution in [2.75, 3.05) is 0 Å². The average molecular weight is 189 g/mol. The highest BCUT2D eigenvalue weighted by molar-refractivity contribution is 7.08. The summed E-state index contributed by atoms with van der Waals surface area (Å²) in [7, 11) is 0. The quantitative estimate of drug-likeness (QED) is 0.680. The Morgan fingerprint density at radius 3 is 2.92 bits per heavy atom. The van der Waals surface area contributed by atoms with E-state index in [1.54, 1.807) is 17.4 Å². The maximum atomic E-state index is 10.5. The SMILES string of the molecule is O=Cc1cccc(-c2ccsc2)n1. The van der Waals surface area contributed by atoms with E-state index in [0.29, 0.717) is 5.69 Å². The molecule has 0 bridgehead atoms. The highest BCUT2D eigenvalue weighted by Crippen LogP contribution is 2.19. The van der Waals surface area contributed by atoms with Crippen LogP contribution in [0.4, 0.5) is 0 Å². The van der Waals surface area contributed by atoms with Gasteiger partial charge in [0.1, 0.15) is 5.69 Å². The summed E-state index contributed by atoms with van der Waals surface area (Å²) in [5, 5.41) is 4.00. The molecule has 0 saturated carbocycles. The lowest BCUT2D eigenvalue weighted by molar-refractivity contribution is 0.111. The Labute approximate surface area is 79.9 Å². The van der Waals surface area contributed by atoms with Crippen LogP contribution in [0.3, 0.4) is 0 Å². The van der Waals surface area contributed by atoms with Crippen LogP contribution in [0.2, 0.25) is 0 Å². The molecule has 0 atom stereocenters. The number of hydrogen-bond donors (Lipinski definition) is 0. The summed E-state index contributed by atoms with van der Waals surface area (Å²) in [6.07, 6.45) is 0.760. The molecule has 0 saturated heterocycles. The van der Waals surface area contributed by atoms with Crippen LogP contribution in [-0.2, 0) is 0 Å². The van der Waals surface area contributed by atoms with Crippen LogP contribution < -0.4 is 0 Å². The number of carbonyl (C=O) groups is 1. The van der Waals surface area contributed by atoms with Gasteiger partial charge in [0.2, 0.25) is 0 Å². The molecule has 0 aliphatic heterocycles. The minimum absolute atomic E-state index is 0.476. The molecule has 2 aromatic rings. The van der Waals surface area contributed by atoms with Crippen molar-refractivity contribution in [2.45, 2.75) is 0 Å². The topological polar surface area (TPSA) is 30.0 Å². The minimum Gasteiger partial charge on any atom is -0.296 e. The molecule has 2 heterocycles. The molecule has 13 heavy (non-hydrogen) atoms. The normalized spacial score (nSPS) is 9.85. The molecule has 0 N–H and O–H groups in total. The Morgan fingerprint density at radius 1 is 1.31 bits per heavy atom. The van der Waals surface area contributed by atoms with Gasteiger partial charge in [0.25, 0.3) is 0 Å². The van der Waals surface area contributed by atoms with Crippen molar-refractivity contribution in [3.8, 4) is 11.3 Å². The molecule has 0 unspecified atom stereocenters. The van der Waals surface area contributed by atoms with Crippen molar-refractivity contribution in [1.82, 2.24) is 4.98 Å². The number of rotatable bonds is 2. The number of carbonyl (C=O) groups excluding carboxylic acids is 1. The van der Waals surface area contributed by atoms with Gasteiger partial charge >= 0.3 is 0 Å². The molecule has 0 fully saturated rings. The van der Waals surface area contributed by atoms with Gasteiger partial charge < -0.3 is 0 Å². The van der Waals surface area contributed by atoms with Crippen molar-refractivity contribution in [1.29, 1.82) is 0 Å². The van der Waals surface area contributed by atoms with E-state index in [1.165, 1.54) is 0 Å². The lowest BCUT2D eigenvalue weighted by atomic mass is 10.2. The van der Waals surface area contributed by atoms with Gasteiger partial charge in [-0.2, -0.15) is 11.3 Å². The Hall–Kier alpha value is -1.48. The van der Waals surface area contributed by atoms with Crippen molar-refractivity contribution in [3.63, 3.8) is 0 Å². The standard InChI is InChI=1S/C10H7NOS/c12-6-9-2-1-3-10(11-9)8-4-5-13-7-8/h1-7H. The summed E-state index contributed by atoms with van der Waals surface area (Å²) >= 11 is 1.62. The third-order valence-corrected chi connectivity index (χ3v) is 2.39. The summed E-state index contributed by atoms with van der Waals surface area (Å²) in [5.74, 6) is 0. The lowest BCUT2D eigenvalue weighted by Gasteiger charge is -1.96. The van der Waals surface area contributed by atoms with Crippen LogP contribution in [0.5, 0.6) is 0 Å². The van der Waals surface area contributed by atoms with Crippen LogP contribution in [0, 0.1) is 0 Å². The zero-order valence-electron chi connectivity index (χ0n) is 6.81. The number of hydrogen-bond acceptors (Lipinski definition) is 3. The first kappa shape index (κ1) is 8.13. The second-order valence-corrected chi connectivity index (χ2v) is 3.36. The second-order valence-electron chi connectivity index (χ2n) is 2.58. The third-order valence-electron chi connectivity index (χ3n) is 1.71. The van der Waals surface area contributed by atoms with Crippen LogP contribution in [0.15, 0.2) is 35.0 Å². The molecular weight excluding hydrogens is 182 g/mol. The van der Waals surface area contributed by atoms with E-state index in [-0.39, 0.29) is 0 Å². The fourth-order valence-corrected chi connectivity index (χ4v) is 1.74. The molecule has 2 nitrogen and oxygen atoms in total. The average Bonchev–Trinajstić information content (AvgIpc) is 2.71. The molecule has 64 valence electrons. The zero-order chi connectivity index (χ0) is 9.10. The summed E-state index contributed by atoms with van der Waals surface area (Å²) < 4.78 is 0. The second kappa shape index (κ2) is 3.49. The molecule has 0 aromatic carbocycles. The van der Waals surface area contributed by atoms with Gasteiger partial charge in [0.05, 0.1) is 5.69 Å². The lowest BCUT2D eigenvalue weighted by Crippen LogP contribution is -1.87. The number of thiophene rings is 1. The molecule has 0 aliphatic rings. The molecular formula is C10H7NOS. The highest BCUT2D eigenvalue weighted by atomic mass is 32.1. The molecule has 2 aromatic heterocycles. The largest absolute Gasteiger partial charge is 0.296 e. The van der Waals surface area contributed by atoms with E-state index in [0.717, 1.165) is 17.5 Å². The van der Waals surface area contributed by atoms with Crippen molar-refractivity contribution >= 4 is 17.6 Å². The number of aldehydes is 1. The minimum atomic E-state index is 0.476. The Balaban J connectivity index is 2.47. The first-order valence-corrected chi connectivity index (χ1v) is 4.79. The fourth-order valence-electron chi connectivity index (χ4n) is 1.09. The van der Waals surface area contributed by atoms with Gasteiger partial charge in [-0.3, -0.25) is 4.79 Å². The predicted molar refractivity (Wildman–Crippen MR) is 52.9 cm³/mol. The van der Waals surface area contributed by atoms with Crippen molar-refractivity contribution in [3.05, 3.63) is 40.7 Å². The van der Waals surface area contributed by atoms with Gasteiger partial charge in [0.15, 0.2) is 6.29 Å². The van der Waals surface area contributed by atoms with E-state index < -0.39 is 0 Å². The zero-order valence-corrected chi connectivity index (χ0v) is 7.62. The fraction of sp³-hybridized carbons (Fsp3) is 0. The van der Waals surface area contributed by atoms with Crippen LogP contribution in [0.25, 0.3) is 11.3 Å². The summed E-state index contributed by atoms with van der Waals surface area (Å²) in [6, 6.07) is 7.42. The van der Waals surface area contributed by atoms with E-state index in [1.807, 2.05) is 29.0 Å². The maximum Gasteiger partial charge on any atom is 0.168 e. The third kappa shape index (κ3) is 1.65. The van der Waals surface area contributed by atoms with E-state index in [2.05, 4.69) is 4.98 Å². The molecule has 2 rings (SSSR count). The number of nitrogens with zero attached hydrogens (tertiary/aromatic N) is 1. The van der Waals surface area contributed by atoms with Gasteiger partial charge in [-0.1, -0.05) is 6.07 Å². The number of pyridine rings is 1. The highest BCUT2D eigenvalue weighted by Gasteiger charge is 1.99. The molecule has 3 heteroatoms. The maximum absolute atomic E-state index is 10.5. The monoisotopic (exact) mass is 189 g/mol. The molecule has 0 spiro atoms. The molecule has 0 aliphatic carbocycles. The smallest absolute Gasteiger partial charge is 0.168 e. The first-order valence-electron chi connectivity index (χ1n) is 3.85. The first-order chi connectivity index (χ1) is 6.40. The summed E-state index contributed by atoms with van der Waals surface area (Å²) in [5.41, 5.74) is 2.39. The van der Waals surface area contributed by atoms with Crippen LogP contribution >= 0.6 is 11.3 Å². The summed E-state index contributed by atoms with van der Waals surface area (Å²) in [4.78, 5) is 14.6. The Morgan fingerprint density at radius 2 is 2.23 bits per heavy atom. The molecule has 0 radical (unpaired) electrons. The van der Waals surface area contributed by atoms with Gasteiger partial charge in [0, 0.05) is 10.9 Å². The predicted octanol–water partition coefficient (Wildman–Crippen LogP) is 2.62. The van der Waals surface area contributed by atoms with E-state index >= 15 is 0 Å². The Kier molecular flexibility index (Phi) is 2.19. The van der Waals surface area contributed by atoms with Gasteiger partial charge in [-0.05, 0) is 23.6 Å². The van der Waals surface area contributed by atoms with Crippen LogP contribution in [0.1, 0.15) is 10.5 Å². The molecule has 0 amide bonds. The van der Waals surface area contributed by atoms with Gasteiger partial charge in [-0.25, -0.2) is 4.98 Å². The van der Waals surface area contributed by atoms with E-state index in [9.17, 15) is 4.79 Å². The van der Waals surface area contributed by atoms with Gasteiger partial charge in [-0.15, -0.1) is 0 Å². The summed E-state index contributed by atoms with van der Waals surface area (Å²) in [6.45, 7) is 0. The number of aromatic nitrogens is 1. The van der Waals surface area contributed by atoms with Crippen molar-refractivity contribution < 1.29 is 4.79 Å².